The summed E-state index contributed by atoms with van der Waals surface area (Å²) in [6.07, 6.45) is 0.812. The number of carbonyl (C=O) groups excluding carboxylic acids is 2. The maximum Gasteiger partial charge on any atom is 0.325 e. The Morgan fingerprint density at radius 1 is 1.39 bits per heavy atom. The molecule has 1 aromatic heterocycles. The Morgan fingerprint density at radius 3 is 2.50 bits per heavy atom. The van der Waals surface area contributed by atoms with Crippen molar-refractivity contribution >= 4 is 23.2 Å². The Balaban J connectivity index is 2.84. The number of thiophene rings is 1. The van der Waals surface area contributed by atoms with Gasteiger partial charge >= 0.3 is 5.97 Å². The second kappa shape index (κ2) is 6.54. The molecule has 0 N–H and O–H groups in total. The third-order valence-corrected chi connectivity index (χ3v) is 3.85. The standard InChI is InChI=1S/C13H19NO3S/c1-5-6-14(8-12(15)17-4)13(16)11-7-9(2)10(3)18-11/h7H,5-6,8H2,1-4H3. The van der Waals surface area contributed by atoms with Crippen LogP contribution in [0.2, 0.25) is 0 Å². The monoisotopic (exact) mass is 269 g/mol. The molecule has 18 heavy (non-hydrogen) atoms. The fraction of sp³-hybridized carbons (Fsp3) is 0.538. The number of ether oxygens (including phenoxy) is 1. The zero-order chi connectivity index (χ0) is 13.7. The van der Waals surface area contributed by atoms with E-state index in [0.717, 1.165) is 16.9 Å². The highest BCUT2D eigenvalue weighted by Gasteiger charge is 2.20. The lowest BCUT2D eigenvalue weighted by atomic mass is 10.2. The van der Waals surface area contributed by atoms with E-state index in [1.807, 2.05) is 26.8 Å². The van der Waals surface area contributed by atoms with Gasteiger partial charge in [-0.05, 0) is 31.9 Å². The molecule has 0 aromatic carbocycles. The zero-order valence-corrected chi connectivity index (χ0v) is 12.1. The van der Waals surface area contributed by atoms with Crippen molar-refractivity contribution in [3.8, 4) is 0 Å². The third-order valence-electron chi connectivity index (χ3n) is 2.71. The van der Waals surface area contributed by atoms with E-state index in [4.69, 9.17) is 0 Å². The molecule has 4 nitrogen and oxygen atoms in total. The molecule has 0 aliphatic rings. The van der Waals surface area contributed by atoms with Gasteiger partial charge in [-0.15, -0.1) is 11.3 Å². The number of rotatable bonds is 5. The second-order valence-corrected chi connectivity index (χ2v) is 5.41. The van der Waals surface area contributed by atoms with Crippen molar-refractivity contribution in [3.05, 3.63) is 21.4 Å². The van der Waals surface area contributed by atoms with Crippen LogP contribution in [0.5, 0.6) is 0 Å². The van der Waals surface area contributed by atoms with Crippen LogP contribution < -0.4 is 0 Å². The number of carbonyl (C=O) groups is 2. The van der Waals surface area contributed by atoms with Crippen LogP contribution in [0.3, 0.4) is 0 Å². The van der Waals surface area contributed by atoms with Crippen LogP contribution in [0.4, 0.5) is 0 Å². The minimum atomic E-state index is -0.387. The lowest BCUT2D eigenvalue weighted by Crippen LogP contribution is -2.36. The van der Waals surface area contributed by atoms with Crippen molar-refractivity contribution in [2.24, 2.45) is 0 Å². The maximum absolute atomic E-state index is 12.3. The summed E-state index contributed by atoms with van der Waals surface area (Å²) in [7, 11) is 1.33. The first-order valence-corrected chi connectivity index (χ1v) is 6.74. The largest absolute Gasteiger partial charge is 0.468 e. The Morgan fingerprint density at radius 2 is 2.06 bits per heavy atom. The number of hydrogen-bond donors (Lipinski definition) is 0. The van der Waals surface area contributed by atoms with Crippen molar-refractivity contribution in [1.29, 1.82) is 0 Å². The summed E-state index contributed by atoms with van der Waals surface area (Å²) in [6.45, 7) is 6.51. The highest BCUT2D eigenvalue weighted by atomic mass is 32.1. The van der Waals surface area contributed by atoms with Crippen LogP contribution in [0.25, 0.3) is 0 Å². The first kappa shape index (κ1) is 14.7. The number of aryl methyl sites for hydroxylation is 2. The van der Waals surface area contributed by atoms with Crippen LogP contribution in [0, 0.1) is 13.8 Å². The van der Waals surface area contributed by atoms with Crippen LogP contribution in [-0.4, -0.2) is 37.0 Å². The molecular weight excluding hydrogens is 250 g/mol. The number of nitrogens with zero attached hydrogens (tertiary/aromatic N) is 1. The van der Waals surface area contributed by atoms with Crippen LogP contribution >= 0.6 is 11.3 Å². The molecule has 0 aliphatic carbocycles. The predicted molar refractivity (Wildman–Crippen MR) is 72.0 cm³/mol. The Hall–Kier alpha value is -1.36. The van der Waals surface area contributed by atoms with Crippen molar-refractivity contribution in [3.63, 3.8) is 0 Å². The molecule has 0 aliphatic heterocycles. The minimum Gasteiger partial charge on any atom is -0.468 e. The summed E-state index contributed by atoms with van der Waals surface area (Å²) < 4.78 is 4.61. The zero-order valence-electron chi connectivity index (χ0n) is 11.3. The van der Waals surface area contributed by atoms with Gasteiger partial charge in [0.2, 0.25) is 0 Å². The van der Waals surface area contributed by atoms with Gasteiger partial charge < -0.3 is 9.64 Å². The summed E-state index contributed by atoms with van der Waals surface area (Å²) >= 11 is 1.47. The molecule has 0 atom stereocenters. The lowest BCUT2D eigenvalue weighted by Gasteiger charge is -2.19. The number of hydrogen-bond acceptors (Lipinski definition) is 4. The first-order chi connectivity index (χ1) is 8.49. The van der Waals surface area contributed by atoms with E-state index in [1.54, 1.807) is 0 Å². The van der Waals surface area contributed by atoms with Crippen molar-refractivity contribution in [1.82, 2.24) is 4.90 Å². The first-order valence-electron chi connectivity index (χ1n) is 5.92. The lowest BCUT2D eigenvalue weighted by molar-refractivity contribution is -0.141. The third kappa shape index (κ3) is 3.57. The molecule has 1 rings (SSSR count). The topological polar surface area (TPSA) is 46.6 Å². The second-order valence-electron chi connectivity index (χ2n) is 4.15. The summed E-state index contributed by atoms with van der Waals surface area (Å²) in [4.78, 5) is 26.9. The van der Waals surface area contributed by atoms with Gasteiger partial charge in [0.25, 0.3) is 5.91 Å². The van der Waals surface area contributed by atoms with Gasteiger partial charge in [0, 0.05) is 11.4 Å². The number of esters is 1. The van der Waals surface area contributed by atoms with Gasteiger partial charge in [-0.1, -0.05) is 6.92 Å². The van der Waals surface area contributed by atoms with Gasteiger partial charge in [0.05, 0.1) is 12.0 Å². The smallest absolute Gasteiger partial charge is 0.325 e. The van der Waals surface area contributed by atoms with E-state index < -0.39 is 0 Å². The predicted octanol–water partition coefficient (Wildman–Crippen LogP) is 2.39. The van der Waals surface area contributed by atoms with Crippen LogP contribution in [0.15, 0.2) is 6.07 Å². The molecule has 1 heterocycles. The highest BCUT2D eigenvalue weighted by molar-refractivity contribution is 7.14. The van der Waals surface area contributed by atoms with E-state index in [9.17, 15) is 9.59 Å². The van der Waals surface area contributed by atoms with E-state index in [-0.39, 0.29) is 18.4 Å². The van der Waals surface area contributed by atoms with Crippen molar-refractivity contribution in [2.75, 3.05) is 20.2 Å². The summed E-state index contributed by atoms with van der Waals surface area (Å²) in [5.74, 6) is -0.481. The Kier molecular flexibility index (Phi) is 5.34. The minimum absolute atomic E-state index is 0.0131. The van der Waals surface area contributed by atoms with Gasteiger partial charge in [-0.3, -0.25) is 9.59 Å². The van der Waals surface area contributed by atoms with Crippen LogP contribution in [-0.2, 0) is 9.53 Å². The Labute approximate surface area is 112 Å². The molecule has 0 bridgehead atoms. The molecule has 0 saturated carbocycles. The van der Waals surface area contributed by atoms with Crippen molar-refractivity contribution < 1.29 is 14.3 Å². The molecule has 0 fully saturated rings. The van der Waals surface area contributed by atoms with Gasteiger partial charge in [0.1, 0.15) is 6.54 Å². The van der Waals surface area contributed by atoms with Gasteiger partial charge in [-0.2, -0.15) is 0 Å². The number of methoxy groups -OCH3 is 1. The fourth-order valence-electron chi connectivity index (χ4n) is 1.58. The molecule has 0 spiro atoms. The molecule has 1 amide bonds. The Bertz CT molecular complexity index is 420. The van der Waals surface area contributed by atoms with E-state index >= 15 is 0 Å². The summed E-state index contributed by atoms with van der Waals surface area (Å²) in [6, 6.07) is 1.88. The van der Waals surface area contributed by atoms with E-state index in [0.29, 0.717) is 11.4 Å². The SMILES string of the molecule is CCCN(CC(=O)OC)C(=O)c1cc(C)c(C)s1. The quantitative estimate of drug-likeness (QED) is 0.771. The average molecular weight is 269 g/mol. The molecule has 0 unspecified atom stereocenters. The summed E-state index contributed by atoms with van der Waals surface area (Å²) in [5.41, 5.74) is 1.11. The maximum atomic E-state index is 12.3. The van der Waals surface area contributed by atoms with E-state index in [2.05, 4.69) is 4.74 Å². The van der Waals surface area contributed by atoms with Crippen molar-refractivity contribution in [2.45, 2.75) is 27.2 Å². The highest BCUT2D eigenvalue weighted by Crippen LogP contribution is 2.22. The molecule has 5 heteroatoms. The number of amides is 1. The molecule has 0 radical (unpaired) electrons. The fourth-order valence-corrected chi connectivity index (χ4v) is 2.58. The summed E-state index contributed by atoms with van der Waals surface area (Å²) in [5, 5.41) is 0. The normalized spacial score (nSPS) is 10.2. The molecular formula is C13H19NO3S. The van der Waals surface area contributed by atoms with Crippen LogP contribution in [0.1, 0.15) is 33.5 Å². The van der Waals surface area contributed by atoms with Gasteiger partial charge in [0.15, 0.2) is 0 Å². The molecule has 100 valence electrons. The molecule has 0 saturated heterocycles. The van der Waals surface area contributed by atoms with E-state index in [1.165, 1.54) is 23.3 Å². The average Bonchev–Trinajstić information content (AvgIpc) is 2.68. The molecule has 1 aromatic rings. The van der Waals surface area contributed by atoms with Gasteiger partial charge in [-0.25, -0.2) is 0 Å².